The fraction of sp³-hybridized carbons (Fsp3) is 0.0526. The van der Waals surface area contributed by atoms with E-state index in [1.165, 1.54) is 18.3 Å². The Morgan fingerprint density at radius 2 is 1.78 bits per heavy atom. The Morgan fingerprint density at radius 1 is 1.07 bits per heavy atom. The third-order valence-electron chi connectivity index (χ3n) is 3.91. The van der Waals surface area contributed by atoms with E-state index in [4.69, 9.17) is 5.73 Å². The Balaban J connectivity index is 1.97. The van der Waals surface area contributed by atoms with Crippen LogP contribution in [0.15, 0.2) is 54.7 Å². The first-order chi connectivity index (χ1) is 12.9. The summed E-state index contributed by atoms with van der Waals surface area (Å²) in [7, 11) is 0. The second kappa shape index (κ2) is 7.12. The fourth-order valence-corrected chi connectivity index (χ4v) is 2.53. The minimum Gasteiger partial charge on any atom is -0.476 e. The molecule has 0 spiro atoms. The zero-order chi connectivity index (χ0) is 19.6. The fourth-order valence-electron chi connectivity index (χ4n) is 2.53. The molecule has 0 bridgehead atoms. The number of aryl methyl sites for hydroxylation is 1. The molecule has 1 heterocycles. The van der Waals surface area contributed by atoms with Crippen molar-refractivity contribution in [3.63, 3.8) is 0 Å². The van der Waals surface area contributed by atoms with Crippen LogP contribution in [-0.2, 0) is 0 Å². The van der Waals surface area contributed by atoms with Crippen LogP contribution in [0.5, 0.6) is 0 Å². The topological polar surface area (TPSA) is 127 Å². The smallest absolute Gasteiger partial charge is 0.356 e. The second-order valence-corrected chi connectivity index (χ2v) is 5.86. The summed E-state index contributed by atoms with van der Waals surface area (Å²) in [5, 5.41) is 16.2. The summed E-state index contributed by atoms with van der Waals surface area (Å²) in [6, 6.07) is 12.9. The first-order valence-corrected chi connectivity index (χ1v) is 7.96. The highest BCUT2D eigenvalue weighted by Gasteiger charge is 2.21. The second-order valence-electron chi connectivity index (χ2n) is 5.86. The van der Waals surface area contributed by atoms with Gasteiger partial charge in [0.1, 0.15) is 0 Å². The highest BCUT2D eigenvalue weighted by molar-refractivity contribution is 6.07. The maximum absolute atomic E-state index is 12.4. The monoisotopic (exact) mass is 364 g/mol. The van der Waals surface area contributed by atoms with E-state index >= 15 is 0 Å². The van der Waals surface area contributed by atoms with Crippen LogP contribution in [0.3, 0.4) is 0 Å². The number of primary amides is 1. The van der Waals surface area contributed by atoms with Gasteiger partial charge >= 0.3 is 5.97 Å². The van der Waals surface area contributed by atoms with Crippen LogP contribution in [0.2, 0.25) is 0 Å². The van der Waals surface area contributed by atoms with E-state index in [0.29, 0.717) is 11.3 Å². The first-order valence-electron chi connectivity index (χ1n) is 7.96. The molecule has 0 fully saturated rings. The molecule has 3 rings (SSSR count). The molecule has 8 nitrogen and oxygen atoms in total. The van der Waals surface area contributed by atoms with E-state index in [9.17, 15) is 19.5 Å². The van der Waals surface area contributed by atoms with Crippen molar-refractivity contribution < 1.29 is 19.5 Å². The molecule has 136 valence electrons. The predicted octanol–water partition coefficient (Wildman–Crippen LogP) is 2.23. The molecule has 4 N–H and O–H groups in total. The van der Waals surface area contributed by atoms with Gasteiger partial charge in [0.05, 0.1) is 17.6 Å². The molecule has 0 saturated carbocycles. The minimum atomic E-state index is -1.28. The quantitative estimate of drug-likeness (QED) is 0.640. The predicted molar refractivity (Wildman–Crippen MR) is 98.2 cm³/mol. The highest BCUT2D eigenvalue weighted by Crippen LogP contribution is 2.21. The number of aromatic nitrogens is 2. The summed E-state index contributed by atoms with van der Waals surface area (Å²) in [6.45, 7) is 1.90. The van der Waals surface area contributed by atoms with Crippen molar-refractivity contribution in [1.82, 2.24) is 9.78 Å². The van der Waals surface area contributed by atoms with Gasteiger partial charge in [-0.2, -0.15) is 5.10 Å². The Morgan fingerprint density at radius 3 is 2.41 bits per heavy atom. The number of carboxylic acid groups (broad SMARTS) is 1. The normalized spacial score (nSPS) is 10.4. The summed E-state index contributed by atoms with van der Waals surface area (Å²) >= 11 is 0. The molecular formula is C19H16N4O4. The van der Waals surface area contributed by atoms with Gasteiger partial charge in [-0.3, -0.25) is 9.59 Å². The number of rotatable bonds is 5. The molecule has 3 aromatic rings. The highest BCUT2D eigenvalue weighted by atomic mass is 16.4. The summed E-state index contributed by atoms with van der Waals surface area (Å²) in [5.41, 5.74) is 7.00. The SMILES string of the molecule is Cc1ccc(C(=O)Nc2cnn(-c3cccc(C(N)=O)c3)c2C(=O)O)cc1. The molecule has 27 heavy (non-hydrogen) atoms. The summed E-state index contributed by atoms with van der Waals surface area (Å²) < 4.78 is 1.12. The number of carbonyl (C=O) groups excluding carboxylic acids is 2. The number of carbonyl (C=O) groups is 3. The van der Waals surface area contributed by atoms with Crippen molar-refractivity contribution in [3.05, 3.63) is 77.1 Å². The van der Waals surface area contributed by atoms with Crippen LogP contribution in [0, 0.1) is 6.92 Å². The third-order valence-corrected chi connectivity index (χ3v) is 3.91. The van der Waals surface area contributed by atoms with Gasteiger partial charge in [0.2, 0.25) is 5.91 Å². The molecule has 0 radical (unpaired) electrons. The lowest BCUT2D eigenvalue weighted by atomic mass is 10.1. The molecular weight excluding hydrogens is 348 g/mol. The molecule has 0 aliphatic rings. The Kier molecular flexibility index (Phi) is 4.71. The van der Waals surface area contributed by atoms with Crippen LogP contribution in [-0.4, -0.2) is 32.7 Å². The zero-order valence-electron chi connectivity index (χ0n) is 14.3. The summed E-state index contributed by atoms with van der Waals surface area (Å²) in [5.74, 6) is -2.38. The molecule has 0 saturated heterocycles. The number of hydrogen-bond donors (Lipinski definition) is 3. The molecule has 0 unspecified atom stereocenters. The Hall–Kier alpha value is -3.94. The van der Waals surface area contributed by atoms with Gasteiger partial charge in [0.25, 0.3) is 5.91 Å². The molecule has 2 aromatic carbocycles. The lowest BCUT2D eigenvalue weighted by molar-refractivity contribution is 0.0688. The number of nitrogens with zero attached hydrogens (tertiary/aromatic N) is 2. The van der Waals surface area contributed by atoms with Crippen LogP contribution < -0.4 is 11.1 Å². The van der Waals surface area contributed by atoms with Gasteiger partial charge in [0, 0.05) is 11.1 Å². The maximum Gasteiger partial charge on any atom is 0.356 e. The van der Waals surface area contributed by atoms with E-state index in [1.807, 2.05) is 6.92 Å². The van der Waals surface area contributed by atoms with Crippen molar-refractivity contribution in [2.24, 2.45) is 5.73 Å². The standard InChI is InChI=1S/C19H16N4O4/c1-11-5-7-12(8-6-11)18(25)22-15-10-21-23(16(15)19(26)27)14-4-2-3-13(9-14)17(20)24/h2-10H,1H3,(H2,20,24)(H,22,25)(H,26,27). The lowest BCUT2D eigenvalue weighted by Gasteiger charge is -2.08. The molecule has 0 aliphatic heterocycles. The maximum atomic E-state index is 12.4. The molecule has 1 aromatic heterocycles. The van der Waals surface area contributed by atoms with E-state index in [-0.39, 0.29) is 16.9 Å². The summed E-state index contributed by atoms with van der Waals surface area (Å²) in [4.78, 5) is 35.5. The largest absolute Gasteiger partial charge is 0.476 e. The lowest BCUT2D eigenvalue weighted by Crippen LogP contribution is -2.16. The van der Waals surface area contributed by atoms with Gasteiger partial charge in [-0.15, -0.1) is 0 Å². The molecule has 0 aliphatic carbocycles. The average molecular weight is 364 g/mol. The Labute approximate surface area is 154 Å². The molecule has 8 heteroatoms. The number of carboxylic acids is 1. The first kappa shape index (κ1) is 17.9. The van der Waals surface area contributed by atoms with Gasteiger partial charge < -0.3 is 16.2 Å². The van der Waals surface area contributed by atoms with Gasteiger partial charge in [-0.25, -0.2) is 9.48 Å². The van der Waals surface area contributed by atoms with Crippen LogP contribution in [0.1, 0.15) is 36.8 Å². The van der Waals surface area contributed by atoms with Crippen LogP contribution >= 0.6 is 0 Å². The number of aromatic carboxylic acids is 1. The van der Waals surface area contributed by atoms with E-state index < -0.39 is 17.8 Å². The molecule has 0 atom stereocenters. The van der Waals surface area contributed by atoms with Gasteiger partial charge in [-0.05, 0) is 37.3 Å². The Bertz CT molecular complexity index is 1040. The number of anilines is 1. The van der Waals surface area contributed by atoms with Crippen molar-refractivity contribution in [1.29, 1.82) is 0 Å². The number of nitrogens with two attached hydrogens (primary N) is 1. The van der Waals surface area contributed by atoms with Crippen molar-refractivity contribution in [2.75, 3.05) is 5.32 Å². The summed E-state index contributed by atoms with van der Waals surface area (Å²) in [6.07, 6.45) is 1.24. The van der Waals surface area contributed by atoms with Gasteiger partial charge in [0.15, 0.2) is 5.69 Å². The number of nitrogens with one attached hydrogen (secondary N) is 1. The van der Waals surface area contributed by atoms with Crippen molar-refractivity contribution in [3.8, 4) is 5.69 Å². The zero-order valence-corrected chi connectivity index (χ0v) is 14.3. The van der Waals surface area contributed by atoms with Crippen molar-refractivity contribution >= 4 is 23.5 Å². The number of amides is 2. The molecule has 2 amide bonds. The van der Waals surface area contributed by atoms with Crippen LogP contribution in [0.4, 0.5) is 5.69 Å². The van der Waals surface area contributed by atoms with Gasteiger partial charge in [-0.1, -0.05) is 23.8 Å². The third kappa shape index (κ3) is 3.69. The van der Waals surface area contributed by atoms with E-state index in [2.05, 4.69) is 10.4 Å². The van der Waals surface area contributed by atoms with Crippen LogP contribution in [0.25, 0.3) is 5.69 Å². The number of benzene rings is 2. The van der Waals surface area contributed by atoms with E-state index in [0.717, 1.165) is 10.2 Å². The minimum absolute atomic E-state index is 0.0394. The van der Waals surface area contributed by atoms with Crippen molar-refractivity contribution in [2.45, 2.75) is 6.92 Å². The number of hydrogen-bond acceptors (Lipinski definition) is 4. The van der Waals surface area contributed by atoms with E-state index in [1.54, 1.807) is 36.4 Å². The average Bonchev–Trinajstić information content (AvgIpc) is 3.06.